The SMILES string of the molecule is CN(C)S(=O)(=O)N(CC(=O)N(Cc1ccc(Cl)cc1)[C@@H](Cc1ccccc1)C(=O)NC(C)(C)C)c1ccc(F)cc1. The van der Waals surface area contributed by atoms with E-state index in [2.05, 4.69) is 5.32 Å². The van der Waals surface area contributed by atoms with Gasteiger partial charge in [-0.25, -0.2) is 8.70 Å². The third-order valence-corrected chi connectivity index (χ3v) is 8.24. The van der Waals surface area contributed by atoms with E-state index in [0.29, 0.717) is 10.6 Å². The molecule has 0 aliphatic carbocycles. The van der Waals surface area contributed by atoms with Gasteiger partial charge in [0.05, 0.1) is 5.69 Å². The van der Waals surface area contributed by atoms with Crippen molar-refractivity contribution in [3.05, 3.63) is 101 Å². The van der Waals surface area contributed by atoms with Crippen molar-refractivity contribution in [3.63, 3.8) is 0 Å². The lowest BCUT2D eigenvalue weighted by Gasteiger charge is -2.35. The van der Waals surface area contributed by atoms with E-state index in [-0.39, 0.29) is 24.6 Å². The average Bonchev–Trinajstić information content (AvgIpc) is 2.90. The lowest BCUT2D eigenvalue weighted by Crippen LogP contribution is -2.56. The number of amides is 2. The molecule has 0 saturated heterocycles. The summed E-state index contributed by atoms with van der Waals surface area (Å²) in [6.07, 6.45) is 0.194. The van der Waals surface area contributed by atoms with Crippen LogP contribution in [0.25, 0.3) is 0 Å². The van der Waals surface area contributed by atoms with Crippen molar-refractivity contribution in [1.82, 2.24) is 14.5 Å². The third-order valence-electron chi connectivity index (χ3n) is 6.17. The number of nitrogens with one attached hydrogen (secondary N) is 1. The van der Waals surface area contributed by atoms with Crippen LogP contribution >= 0.6 is 11.6 Å². The molecular formula is C30H36ClFN4O4S. The Balaban J connectivity index is 2.10. The minimum atomic E-state index is -4.17. The highest BCUT2D eigenvalue weighted by Gasteiger charge is 2.35. The van der Waals surface area contributed by atoms with E-state index >= 15 is 0 Å². The molecule has 0 saturated carbocycles. The van der Waals surface area contributed by atoms with Crippen LogP contribution < -0.4 is 9.62 Å². The van der Waals surface area contributed by atoms with Crippen LogP contribution in [0.3, 0.4) is 0 Å². The van der Waals surface area contributed by atoms with Gasteiger partial charge in [0.1, 0.15) is 18.4 Å². The van der Waals surface area contributed by atoms with Crippen LogP contribution in [0.2, 0.25) is 5.02 Å². The van der Waals surface area contributed by atoms with E-state index in [9.17, 15) is 22.4 Å². The van der Waals surface area contributed by atoms with Crippen LogP contribution in [-0.2, 0) is 32.8 Å². The summed E-state index contributed by atoms with van der Waals surface area (Å²) in [5, 5.41) is 3.49. The van der Waals surface area contributed by atoms with Crippen LogP contribution in [0.1, 0.15) is 31.9 Å². The zero-order chi connectivity index (χ0) is 30.4. The maximum Gasteiger partial charge on any atom is 0.304 e. The molecule has 11 heteroatoms. The monoisotopic (exact) mass is 602 g/mol. The lowest BCUT2D eigenvalue weighted by molar-refractivity contribution is -0.140. The molecule has 3 rings (SSSR count). The number of anilines is 1. The van der Waals surface area contributed by atoms with Crippen molar-refractivity contribution in [3.8, 4) is 0 Å². The minimum absolute atomic E-state index is 0.0182. The molecule has 0 spiro atoms. The molecule has 8 nitrogen and oxygen atoms in total. The Bertz CT molecular complexity index is 1430. The van der Waals surface area contributed by atoms with Crippen molar-refractivity contribution >= 4 is 39.3 Å². The van der Waals surface area contributed by atoms with Crippen LogP contribution in [0.4, 0.5) is 10.1 Å². The van der Waals surface area contributed by atoms with Crippen molar-refractivity contribution in [2.75, 3.05) is 24.9 Å². The molecule has 3 aromatic rings. The predicted octanol–water partition coefficient (Wildman–Crippen LogP) is 4.65. The zero-order valence-electron chi connectivity index (χ0n) is 23.8. The van der Waals surface area contributed by atoms with Gasteiger partial charge in [-0.3, -0.25) is 9.59 Å². The second-order valence-corrected chi connectivity index (χ2v) is 13.4. The predicted molar refractivity (Wildman–Crippen MR) is 160 cm³/mol. The zero-order valence-corrected chi connectivity index (χ0v) is 25.4. The minimum Gasteiger partial charge on any atom is -0.350 e. The maximum atomic E-state index is 14.2. The van der Waals surface area contributed by atoms with Gasteiger partial charge in [0.25, 0.3) is 0 Å². The van der Waals surface area contributed by atoms with E-state index in [1.165, 1.54) is 31.1 Å². The molecule has 3 aromatic carbocycles. The van der Waals surface area contributed by atoms with Gasteiger partial charge in [0, 0.05) is 37.6 Å². The number of hydrogen-bond acceptors (Lipinski definition) is 4. The fourth-order valence-electron chi connectivity index (χ4n) is 4.12. The van der Waals surface area contributed by atoms with E-state index < -0.39 is 40.1 Å². The van der Waals surface area contributed by atoms with E-state index in [0.717, 1.165) is 26.3 Å². The first-order valence-corrected chi connectivity index (χ1v) is 14.8. The molecule has 2 amide bonds. The van der Waals surface area contributed by atoms with E-state index in [1.807, 2.05) is 51.1 Å². The molecular weight excluding hydrogens is 567 g/mol. The summed E-state index contributed by atoms with van der Waals surface area (Å²) < 4.78 is 42.3. The third kappa shape index (κ3) is 9.01. The summed E-state index contributed by atoms with van der Waals surface area (Å²) in [4.78, 5) is 29.3. The maximum absolute atomic E-state index is 14.2. The second-order valence-electron chi connectivity index (χ2n) is 10.9. The molecule has 0 heterocycles. The van der Waals surface area contributed by atoms with Crippen LogP contribution in [-0.4, -0.2) is 61.7 Å². The standard InChI is InChI=1S/C30H36ClFN4O4S/c1-30(2,3)33-29(38)27(19-22-9-7-6-8-10-22)35(20-23-11-13-24(31)14-12-23)28(37)21-36(41(39,40)34(4)5)26-17-15-25(32)16-18-26/h6-18,27H,19-21H2,1-5H3,(H,33,38)/t27-/m0/s1. The van der Waals surface area contributed by atoms with Gasteiger partial charge in [0.2, 0.25) is 11.8 Å². The van der Waals surface area contributed by atoms with E-state index in [1.54, 1.807) is 24.3 Å². The van der Waals surface area contributed by atoms with Crippen LogP contribution in [0.5, 0.6) is 0 Å². The van der Waals surface area contributed by atoms with Gasteiger partial charge >= 0.3 is 10.2 Å². The van der Waals surface area contributed by atoms with Gasteiger partial charge in [-0.2, -0.15) is 12.7 Å². The van der Waals surface area contributed by atoms with Gasteiger partial charge in [-0.1, -0.05) is 54.1 Å². The second kappa shape index (κ2) is 13.5. The van der Waals surface area contributed by atoms with Crippen LogP contribution in [0.15, 0.2) is 78.9 Å². The molecule has 0 bridgehead atoms. The Labute approximate surface area is 246 Å². The Morgan fingerprint density at radius 1 is 0.902 bits per heavy atom. The number of halogens is 2. The smallest absolute Gasteiger partial charge is 0.304 e. The molecule has 1 atom stereocenters. The molecule has 0 unspecified atom stereocenters. The largest absolute Gasteiger partial charge is 0.350 e. The molecule has 0 aromatic heterocycles. The molecule has 0 fully saturated rings. The van der Waals surface area contributed by atoms with E-state index in [4.69, 9.17) is 11.6 Å². The highest BCUT2D eigenvalue weighted by atomic mass is 35.5. The molecule has 0 radical (unpaired) electrons. The first kappa shape index (κ1) is 32.0. The normalized spacial score (nSPS) is 12.6. The van der Waals surface area contributed by atoms with Gasteiger partial charge < -0.3 is 10.2 Å². The molecule has 0 aliphatic heterocycles. The number of carbonyl (C=O) groups is 2. The Morgan fingerprint density at radius 2 is 1.49 bits per heavy atom. The van der Waals surface area contributed by atoms with Gasteiger partial charge in [-0.15, -0.1) is 0 Å². The summed E-state index contributed by atoms with van der Waals surface area (Å²) in [5.74, 6) is -1.54. The first-order valence-electron chi connectivity index (χ1n) is 13.0. The number of nitrogens with zero attached hydrogens (tertiary/aromatic N) is 3. The Morgan fingerprint density at radius 3 is 2.02 bits per heavy atom. The first-order chi connectivity index (χ1) is 19.2. The molecule has 0 aliphatic rings. The summed E-state index contributed by atoms with van der Waals surface area (Å²) in [6, 6.07) is 20.0. The molecule has 1 N–H and O–H groups in total. The fraction of sp³-hybridized carbons (Fsp3) is 0.333. The number of hydrogen-bond donors (Lipinski definition) is 1. The molecule has 220 valence electrons. The van der Waals surface area contributed by atoms with Crippen molar-refractivity contribution in [1.29, 1.82) is 0 Å². The van der Waals surface area contributed by atoms with Crippen molar-refractivity contribution < 1.29 is 22.4 Å². The Hall–Kier alpha value is -3.47. The summed E-state index contributed by atoms with van der Waals surface area (Å²) in [6.45, 7) is 4.93. The average molecular weight is 603 g/mol. The van der Waals surface area contributed by atoms with Gasteiger partial charge in [-0.05, 0) is 68.3 Å². The highest BCUT2D eigenvalue weighted by molar-refractivity contribution is 7.90. The topological polar surface area (TPSA) is 90.0 Å². The van der Waals surface area contributed by atoms with Gasteiger partial charge in [0.15, 0.2) is 0 Å². The lowest BCUT2D eigenvalue weighted by atomic mass is 10.0. The quantitative estimate of drug-likeness (QED) is 0.346. The van der Waals surface area contributed by atoms with Crippen LogP contribution in [0, 0.1) is 5.82 Å². The number of rotatable bonds is 11. The summed E-state index contributed by atoms with van der Waals surface area (Å²) in [7, 11) is -1.48. The van der Waals surface area contributed by atoms with Crippen molar-refractivity contribution in [2.45, 2.75) is 45.3 Å². The number of benzene rings is 3. The summed E-state index contributed by atoms with van der Waals surface area (Å²) in [5.41, 5.74) is 1.05. The summed E-state index contributed by atoms with van der Waals surface area (Å²) >= 11 is 6.08. The number of carbonyl (C=O) groups excluding carboxylic acids is 2. The Kier molecular flexibility index (Phi) is 10.5. The van der Waals surface area contributed by atoms with Crippen molar-refractivity contribution in [2.24, 2.45) is 0 Å². The molecule has 41 heavy (non-hydrogen) atoms. The highest BCUT2D eigenvalue weighted by Crippen LogP contribution is 2.23. The fourth-order valence-corrected chi connectivity index (χ4v) is 5.30.